The summed E-state index contributed by atoms with van der Waals surface area (Å²) in [7, 11) is 0. The molecular weight excluding hydrogens is 292 g/mol. The minimum absolute atomic E-state index is 0.310. The maximum Gasteiger partial charge on any atom is 0.231 e. The Morgan fingerprint density at radius 3 is 2.96 bits per heavy atom. The summed E-state index contributed by atoms with van der Waals surface area (Å²) in [5, 5.41) is 3.65. The molecule has 124 valence electrons. The third kappa shape index (κ3) is 3.02. The summed E-state index contributed by atoms with van der Waals surface area (Å²) < 4.78 is 11.0. The molecule has 23 heavy (non-hydrogen) atoms. The van der Waals surface area contributed by atoms with Gasteiger partial charge in [-0.3, -0.25) is 4.79 Å². The molecule has 3 aliphatic rings. The molecule has 0 aromatic heterocycles. The second-order valence-corrected chi connectivity index (χ2v) is 6.96. The summed E-state index contributed by atoms with van der Waals surface area (Å²) in [6, 6.07) is 6.47. The van der Waals surface area contributed by atoms with Gasteiger partial charge in [-0.1, -0.05) is 19.1 Å². The van der Waals surface area contributed by atoms with E-state index in [-0.39, 0.29) is 0 Å². The van der Waals surface area contributed by atoms with E-state index in [2.05, 4.69) is 23.2 Å². The molecule has 1 saturated carbocycles. The number of fused-ring (bicyclic) bond motifs is 1. The van der Waals surface area contributed by atoms with E-state index in [4.69, 9.17) is 9.47 Å². The van der Waals surface area contributed by atoms with Crippen LogP contribution in [0.5, 0.6) is 11.5 Å². The van der Waals surface area contributed by atoms with Gasteiger partial charge in [-0.15, -0.1) is 0 Å². The van der Waals surface area contributed by atoms with Crippen molar-refractivity contribution in [2.75, 3.05) is 19.9 Å². The van der Waals surface area contributed by atoms with Gasteiger partial charge in [-0.05, 0) is 31.2 Å². The molecule has 1 amide bonds. The second kappa shape index (κ2) is 6.04. The summed E-state index contributed by atoms with van der Waals surface area (Å²) >= 11 is 0. The van der Waals surface area contributed by atoms with Crippen molar-refractivity contribution in [2.24, 2.45) is 11.8 Å². The van der Waals surface area contributed by atoms with Crippen LogP contribution in [0.4, 0.5) is 0 Å². The Bertz CT molecular complexity index is 600. The number of carbonyl (C=O) groups excluding carboxylic acids is 1. The molecule has 0 radical (unpaired) electrons. The Hall–Kier alpha value is -1.75. The van der Waals surface area contributed by atoms with Gasteiger partial charge in [0.15, 0.2) is 11.5 Å². The number of rotatable bonds is 4. The summed E-state index contributed by atoms with van der Waals surface area (Å²) in [6.07, 6.45) is 3.20. The Kier molecular flexibility index (Phi) is 3.89. The van der Waals surface area contributed by atoms with Gasteiger partial charge in [0.1, 0.15) is 0 Å². The average molecular weight is 316 g/mol. The van der Waals surface area contributed by atoms with Crippen molar-refractivity contribution in [3.05, 3.63) is 23.8 Å². The number of benzene rings is 1. The first-order valence-electron chi connectivity index (χ1n) is 8.62. The molecule has 2 heterocycles. The van der Waals surface area contributed by atoms with Gasteiger partial charge in [-0.2, -0.15) is 0 Å². The van der Waals surface area contributed by atoms with Crippen LogP contribution in [-0.2, 0) is 11.3 Å². The molecular formula is C18H24N2O3. The van der Waals surface area contributed by atoms with Gasteiger partial charge < -0.3 is 19.7 Å². The molecule has 1 saturated heterocycles. The lowest BCUT2D eigenvalue weighted by atomic mass is 9.93. The zero-order valence-corrected chi connectivity index (χ0v) is 13.6. The predicted octanol–water partition coefficient (Wildman–Crippen LogP) is 2.15. The summed E-state index contributed by atoms with van der Waals surface area (Å²) in [5.74, 6) is 2.88. The number of nitrogens with zero attached hydrogens (tertiary/aromatic N) is 1. The van der Waals surface area contributed by atoms with E-state index in [1.165, 1.54) is 0 Å². The number of para-hydroxylation sites is 1. The molecule has 2 atom stereocenters. The molecule has 1 aromatic rings. The van der Waals surface area contributed by atoms with E-state index in [0.29, 0.717) is 30.6 Å². The Balaban J connectivity index is 1.33. The number of hydrogen-bond acceptors (Lipinski definition) is 4. The number of hydrogen-bond donors (Lipinski definition) is 1. The highest BCUT2D eigenvalue weighted by Gasteiger charge is 2.36. The monoisotopic (exact) mass is 316 g/mol. The van der Waals surface area contributed by atoms with Crippen molar-refractivity contribution in [1.29, 1.82) is 0 Å². The number of likely N-dealkylation sites (tertiary alicyclic amines) is 1. The number of amides is 1. The third-order valence-corrected chi connectivity index (χ3v) is 5.18. The van der Waals surface area contributed by atoms with Gasteiger partial charge in [0.05, 0.1) is 0 Å². The highest BCUT2D eigenvalue weighted by Crippen LogP contribution is 2.36. The van der Waals surface area contributed by atoms with E-state index >= 15 is 0 Å². The average Bonchev–Trinajstić information content (AvgIpc) is 3.30. The fraction of sp³-hybridized carbons (Fsp3) is 0.611. The first kappa shape index (κ1) is 14.8. The SMILES string of the molecule is C[C@@H]1CN(C(=O)C2CC2)CC[C@@H]1NCc1cccc2c1OCO2. The zero-order chi connectivity index (χ0) is 15.8. The first-order valence-corrected chi connectivity index (χ1v) is 8.62. The highest BCUT2D eigenvalue weighted by atomic mass is 16.7. The summed E-state index contributed by atoms with van der Waals surface area (Å²) in [5.41, 5.74) is 1.14. The van der Waals surface area contributed by atoms with Crippen molar-refractivity contribution in [3.8, 4) is 11.5 Å². The van der Waals surface area contributed by atoms with Crippen LogP contribution in [-0.4, -0.2) is 36.7 Å². The molecule has 4 rings (SSSR count). The van der Waals surface area contributed by atoms with Crippen LogP contribution in [0.1, 0.15) is 31.7 Å². The van der Waals surface area contributed by atoms with Crippen LogP contribution in [0.15, 0.2) is 18.2 Å². The van der Waals surface area contributed by atoms with Gasteiger partial charge >= 0.3 is 0 Å². The molecule has 2 fully saturated rings. The minimum atomic E-state index is 0.310. The quantitative estimate of drug-likeness (QED) is 0.925. The Morgan fingerprint density at radius 2 is 2.17 bits per heavy atom. The number of ether oxygens (including phenoxy) is 2. The molecule has 0 bridgehead atoms. The van der Waals surface area contributed by atoms with E-state index in [1.807, 2.05) is 12.1 Å². The van der Waals surface area contributed by atoms with Gasteiger partial charge in [0.25, 0.3) is 0 Å². The minimum Gasteiger partial charge on any atom is -0.454 e. The fourth-order valence-corrected chi connectivity index (χ4v) is 3.61. The number of carbonyl (C=O) groups is 1. The smallest absolute Gasteiger partial charge is 0.231 e. The molecule has 1 aromatic carbocycles. The van der Waals surface area contributed by atoms with Crippen LogP contribution >= 0.6 is 0 Å². The predicted molar refractivity (Wildman–Crippen MR) is 86.3 cm³/mol. The van der Waals surface area contributed by atoms with Crippen molar-refractivity contribution in [2.45, 2.75) is 38.8 Å². The van der Waals surface area contributed by atoms with E-state index < -0.39 is 0 Å². The van der Waals surface area contributed by atoms with Crippen LogP contribution in [0.3, 0.4) is 0 Å². The molecule has 1 aliphatic carbocycles. The lowest BCUT2D eigenvalue weighted by Gasteiger charge is -2.37. The van der Waals surface area contributed by atoms with Crippen molar-refractivity contribution < 1.29 is 14.3 Å². The van der Waals surface area contributed by atoms with Gasteiger partial charge in [0.2, 0.25) is 12.7 Å². The molecule has 0 spiro atoms. The number of piperidine rings is 1. The molecule has 0 unspecified atom stereocenters. The standard InChI is InChI=1S/C18H24N2O3/c1-12-10-20(18(21)13-5-6-13)8-7-15(12)19-9-14-3-2-4-16-17(14)23-11-22-16/h2-4,12-13,15,19H,5-11H2,1H3/t12-,15+/m1/s1. The second-order valence-electron chi connectivity index (χ2n) is 6.96. The van der Waals surface area contributed by atoms with Crippen molar-refractivity contribution >= 4 is 5.91 Å². The Morgan fingerprint density at radius 1 is 1.30 bits per heavy atom. The molecule has 5 heteroatoms. The normalized spacial score (nSPS) is 26.4. The van der Waals surface area contributed by atoms with Gasteiger partial charge in [-0.25, -0.2) is 0 Å². The van der Waals surface area contributed by atoms with Crippen LogP contribution in [0.2, 0.25) is 0 Å². The highest BCUT2D eigenvalue weighted by molar-refractivity contribution is 5.81. The molecule has 5 nitrogen and oxygen atoms in total. The van der Waals surface area contributed by atoms with Crippen LogP contribution < -0.4 is 14.8 Å². The van der Waals surface area contributed by atoms with E-state index in [1.54, 1.807) is 0 Å². The topological polar surface area (TPSA) is 50.8 Å². The maximum absolute atomic E-state index is 12.2. The lowest BCUT2D eigenvalue weighted by Crippen LogP contribution is -2.50. The van der Waals surface area contributed by atoms with Crippen LogP contribution in [0, 0.1) is 11.8 Å². The lowest BCUT2D eigenvalue weighted by molar-refractivity contribution is -0.134. The van der Waals surface area contributed by atoms with Crippen molar-refractivity contribution in [1.82, 2.24) is 10.2 Å². The van der Waals surface area contributed by atoms with Crippen LogP contribution in [0.25, 0.3) is 0 Å². The summed E-state index contributed by atoms with van der Waals surface area (Å²) in [6.45, 7) is 5.07. The van der Waals surface area contributed by atoms with Crippen molar-refractivity contribution in [3.63, 3.8) is 0 Å². The maximum atomic E-state index is 12.2. The largest absolute Gasteiger partial charge is 0.454 e. The first-order chi connectivity index (χ1) is 11.2. The molecule has 2 aliphatic heterocycles. The molecule has 1 N–H and O–H groups in total. The summed E-state index contributed by atoms with van der Waals surface area (Å²) in [4.78, 5) is 14.3. The van der Waals surface area contributed by atoms with Gasteiger partial charge in [0, 0.05) is 37.2 Å². The number of nitrogens with one attached hydrogen (secondary N) is 1. The van der Waals surface area contributed by atoms with E-state index in [9.17, 15) is 4.79 Å². The fourth-order valence-electron chi connectivity index (χ4n) is 3.61. The zero-order valence-electron chi connectivity index (χ0n) is 13.6. The van der Waals surface area contributed by atoms with E-state index in [0.717, 1.165) is 56.0 Å². The third-order valence-electron chi connectivity index (χ3n) is 5.18. The Labute approximate surface area is 136 Å².